The first-order valence-corrected chi connectivity index (χ1v) is 30.2. The van der Waals surface area contributed by atoms with Gasteiger partial charge >= 0.3 is 21.1 Å². The SMILES string of the molecule is Brc1ccc(-c2ccc3ccc4c(-c5ccccc5)ccc5ccc2c3c54)cc1.CC1(C)OB(B2OC(C)(C)C(C)(C)O2)OC1(C)C.CC1(C)OB(c2ccc(-c3ccc4ccc5c(-c6ccccc6)ccc6ccc3c4c65)cc2)OC1(C)C. The summed E-state index contributed by atoms with van der Waals surface area (Å²) < 4.78 is 37.5. The molecule has 3 heterocycles. The highest BCUT2D eigenvalue weighted by Crippen LogP contribution is 2.46. The zero-order valence-electron chi connectivity index (χ0n) is 50.2. The molecule has 418 valence electrons. The lowest BCUT2D eigenvalue weighted by Gasteiger charge is -2.32. The Balaban J connectivity index is 0.000000125. The van der Waals surface area contributed by atoms with Crippen LogP contribution in [0.2, 0.25) is 0 Å². The number of halogens is 1. The summed E-state index contributed by atoms with van der Waals surface area (Å²) in [6.45, 7) is 24.6. The molecule has 15 rings (SSSR count). The molecule has 0 atom stereocenters. The molecule has 0 bridgehead atoms. The maximum atomic E-state index is 6.27. The summed E-state index contributed by atoms with van der Waals surface area (Å²) in [5.74, 6) is 0. The lowest BCUT2D eigenvalue weighted by Crippen LogP contribution is -2.41. The Morgan fingerprint density at radius 2 is 0.512 bits per heavy atom. The minimum Gasteiger partial charge on any atom is -0.405 e. The Labute approximate surface area is 504 Å². The van der Waals surface area contributed by atoms with E-state index in [4.69, 9.17) is 27.9 Å². The first-order chi connectivity index (χ1) is 40.0. The Hall–Kier alpha value is -6.85. The van der Waals surface area contributed by atoms with E-state index >= 15 is 0 Å². The van der Waals surface area contributed by atoms with Crippen LogP contribution in [-0.4, -0.2) is 54.7 Å². The molecule has 3 fully saturated rings. The van der Waals surface area contributed by atoms with E-state index in [1.807, 2.05) is 55.4 Å². The average Bonchev–Trinajstić information content (AvgIpc) is 1.25. The molecule has 12 aromatic rings. The first-order valence-electron chi connectivity index (χ1n) is 29.4. The quantitative estimate of drug-likeness (QED) is 0.122. The number of hydrogen-bond donors (Lipinski definition) is 0. The molecular weight excluding hydrogens is 1100 g/mol. The standard InChI is InChI=1S/C34H29BO2.C28H17Br.C12H24B2O4/c1-33(2)34(3,4)37-35(36-33)26-16-10-23(11-17-26)28-19-13-25-14-20-29-27(22-8-6-5-7-9-22)18-12-24-15-21-30(28)32(25)31(24)29;29-22-12-6-19(7-13-22)24-15-9-21-10-16-25-23(18-4-2-1-3-5-18)14-8-20-11-17-26(24)28(21)27(20)25;1-9(2)10(3,4)16-13(15-9)14-17-11(5,6)12(7,8)18-14/h5-21H,1-4H3;1-17H;1-8H3. The van der Waals surface area contributed by atoms with Gasteiger partial charge in [-0.2, -0.15) is 0 Å². The van der Waals surface area contributed by atoms with E-state index in [0.29, 0.717) is 0 Å². The van der Waals surface area contributed by atoms with Gasteiger partial charge in [-0.1, -0.05) is 210 Å². The first kappa shape index (κ1) is 56.3. The van der Waals surface area contributed by atoms with E-state index in [1.54, 1.807) is 0 Å². The molecule has 3 aliphatic rings. The molecule has 0 N–H and O–H groups in total. The number of hydrogen-bond acceptors (Lipinski definition) is 6. The van der Waals surface area contributed by atoms with Crippen molar-refractivity contribution in [1.82, 2.24) is 0 Å². The molecule has 0 saturated carbocycles. The smallest absolute Gasteiger partial charge is 0.405 e. The lowest BCUT2D eigenvalue weighted by molar-refractivity contribution is 0.00578. The number of rotatable bonds is 6. The molecular formula is C74H70B3BrO6. The third-order valence-corrected chi connectivity index (χ3v) is 19.7. The zero-order valence-corrected chi connectivity index (χ0v) is 51.8. The normalized spacial score (nSPS) is 18.3. The highest BCUT2D eigenvalue weighted by molar-refractivity contribution is 9.10. The van der Waals surface area contributed by atoms with Crippen LogP contribution in [0.15, 0.2) is 211 Å². The van der Waals surface area contributed by atoms with Gasteiger partial charge in [0.25, 0.3) is 0 Å². The molecule has 0 aromatic heterocycles. The van der Waals surface area contributed by atoms with Crippen molar-refractivity contribution in [2.75, 3.05) is 0 Å². The Morgan fingerprint density at radius 1 is 0.262 bits per heavy atom. The third kappa shape index (κ3) is 9.72. The van der Waals surface area contributed by atoms with Gasteiger partial charge in [0.05, 0.1) is 33.6 Å². The molecule has 0 unspecified atom stereocenters. The van der Waals surface area contributed by atoms with Crippen molar-refractivity contribution < 1.29 is 27.9 Å². The molecule has 12 aromatic carbocycles. The highest BCUT2D eigenvalue weighted by atomic mass is 79.9. The van der Waals surface area contributed by atoms with E-state index in [2.05, 4.69) is 250 Å². The van der Waals surface area contributed by atoms with Gasteiger partial charge < -0.3 is 27.9 Å². The number of benzene rings is 12. The Kier molecular flexibility index (Phi) is 13.9. The van der Waals surface area contributed by atoms with Crippen molar-refractivity contribution in [3.63, 3.8) is 0 Å². The predicted molar refractivity (Wildman–Crippen MR) is 358 cm³/mol. The van der Waals surface area contributed by atoms with Crippen LogP contribution < -0.4 is 5.46 Å². The van der Waals surface area contributed by atoms with Crippen LogP contribution in [-0.2, 0) is 27.9 Å². The molecule has 3 aliphatic heterocycles. The van der Waals surface area contributed by atoms with Gasteiger partial charge in [0, 0.05) is 4.47 Å². The van der Waals surface area contributed by atoms with E-state index in [9.17, 15) is 0 Å². The van der Waals surface area contributed by atoms with Gasteiger partial charge in [-0.05, 0) is 210 Å². The van der Waals surface area contributed by atoms with Crippen molar-refractivity contribution in [3.05, 3.63) is 211 Å². The van der Waals surface area contributed by atoms with E-state index in [1.165, 1.54) is 109 Å². The summed E-state index contributed by atoms with van der Waals surface area (Å²) in [5.41, 5.74) is 8.96. The predicted octanol–water partition coefficient (Wildman–Crippen LogP) is 19.1. The second-order valence-corrected chi connectivity index (χ2v) is 26.9. The Morgan fingerprint density at radius 3 is 0.810 bits per heavy atom. The van der Waals surface area contributed by atoms with Crippen LogP contribution in [0.3, 0.4) is 0 Å². The molecule has 10 heteroatoms. The second kappa shape index (κ2) is 20.7. The molecule has 0 radical (unpaired) electrons. The topological polar surface area (TPSA) is 55.4 Å². The summed E-state index contributed by atoms with van der Waals surface area (Å²) in [6.07, 6.45) is 0. The molecule has 6 nitrogen and oxygen atoms in total. The highest BCUT2D eigenvalue weighted by Gasteiger charge is 2.64. The van der Waals surface area contributed by atoms with Gasteiger partial charge in [-0.3, -0.25) is 0 Å². The largest absolute Gasteiger partial charge is 0.494 e. The fourth-order valence-electron chi connectivity index (χ4n) is 12.3. The lowest BCUT2D eigenvalue weighted by atomic mass is 9.49. The monoisotopic (exact) mass is 1170 g/mol. The summed E-state index contributed by atoms with van der Waals surface area (Å²) in [6, 6.07) is 74.9. The fourth-order valence-corrected chi connectivity index (χ4v) is 12.5. The average molecular weight is 1170 g/mol. The fraction of sp³-hybridized carbons (Fsp3) is 0.243. The Bertz CT molecular complexity index is 4330. The van der Waals surface area contributed by atoms with E-state index < -0.39 is 14.0 Å². The molecule has 0 spiro atoms. The minimum atomic E-state index is -0.476. The molecule has 0 aliphatic carbocycles. The zero-order chi connectivity index (χ0) is 58.7. The summed E-state index contributed by atoms with van der Waals surface area (Å²) >= 11 is 3.55. The van der Waals surface area contributed by atoms with Crippen LogP contribution in [0.5, 0.6) is 0 Å². The van der Waals surface area contributed by atoms with Crippen LogP contribution in [0, 0.1) is 0 Å². The third-order valence-electron chi connectivity index (χ3n) is 19.2. The van der Waals surface area contributed by atoms with E-state index in [-0.39, 0.29) is 40.7 Å². The van der Waals surface area contributed by atoms with Crippen molar-refractivity contribution in [2.24, 2.45) is 0 Å². The summed E-state index contributed by atoms with van der Waals surface area (Å²) in [7, 11) is -1.30. The minimum absolute atomic E-state index is 0.346. The molecule has 3 saturated heterocycles. The van der Waals surface area contributed by atoms with Gasteiger partial charge in [-0.25, -0.2) is 0 Å². The van der Waals surface area contributed by atoms with Gasteiger partial charge in [-0.15, -0.1) is 0 Å². The summed E-state index contributed by atoms with van der Waals surface area (Å²) in [4.78, 5) is 0. The maximum absolute atomic E-state index is 6.27. The van der Waals surface area contributed by atoms with Crippen LogP contribution in [0.1, 0.15) is 83.1 Å². The van der Waals surface area contributed by atoms with Crippen molar-refractivity contribution >= 4 is 107 Å². The van der Waals surface area contributed by atoms with Gasteiger partial charge in [0.15, 0.2) is 0 Å². The van der Waals surface area contributed by atoms with Gasteiger partial charge in [0.1, 0.15) is 0 Å². The van der Waals surface area contributed by atoms with E-state index in [0.717, 1.165) is 9.94 Å². The van der Waals surface area contributed by atoms with Gasteiger partial charge in [0.2, 0.25) is 0 Å². The van der Waals surface area contributed by atoms with Crippen molar-refractivity contribution in [2.45, 2.75) is 117 Å². The molecule has 0 amide bonds. The summed E-state index contributed by atoms with van der Waals surface area (Å²) in [5, 5.41) is 15.8. The molecule has 84 heavy (non-hydrogen) atoms. The van der Waals surface area contributed by atoms with Crippen LogP contribution >= 0.6 is 15.9 Å². The van der Waals surface area contributed by atoms with Crippen LogP contribution in [0.25, 0.3) is 109 Å². The van der Waals surface area contributed by atoms with Crippen molar-refractivity contribution in [1.29, 1.82) is 0 Å². The van der Waals surface area contributed by atoms with Crippen LogP contribution in [0.4, 0.5) is 0 Å². The second-order valence-electron chi connectivity index (χ2n) is 26.0. The van der Waals surface area contributed by atoms with Crippen molar-refractivity contribution in [3.8, 4) is 44.5 Å². The maximum Gasteiger partial charge on any atom is 0.494 e.